The van der Waals surface area contributed by atoms with Crippen LogP contribution in [0.2, 0.25) is 0 Å². The quantitative estimate of drug-likeness (QED) is 0.680. The number of nitrogens with zero attached hydrogens (tertiary/aromatic N) is 1. The summed E-state index contributed by atoms with van der Waals surface area (Å²) in [7, 11) is 0. The molecule has 2 N–H and O–H groups in total. The second-order valence-corrected chi connectivity index (χ2v) is 5.87. The van der Waals surface area contributed by atoms with Crippen molar-refractivity contribution in [1.82, 2.24) is 4.98 Å². The predicted molar refractivity (Wildman–Crippen MR) is 80.5 cm³/mol. The highest BCUT2D eigenvalue weighted by Gasteiger charge is 2.04. The average Bonchev–Trinajstić information content (AvgIpc) is 3.01. The van der Waals surface area contributed by atoms with E-state index in [1.165, 1.54) is 9.75 Å². The van der Waals surface area contributed by atoms with E-state index in [1.54, 1.807) is 22.7 Å². The van der Waals surface area contributed by atoms with Gasteiger partial charge in [-0.2, -0.15) is 0 Å². The summed E-state index contributed by atoms with van der Waals surface area (Å²) in [6.45, 7) is 3.75. The Morgan fingerprint density at radius 3 is 3.00 bits per heavy atom. The first-order valence-electron chi connectivity index (χ1n) is 6.03. The Hall–Kier alpha value is -1.19. The first-order valence-corrected chi connectivity index (χ1v) is 7.79. The van der Waals surface area contributed by atoms with Crippen LogP contribution >= 0.6 is 22.7 Å². The molecular formula is C14H16N2OS2. The molecule has 0 aliphatic rings. The summed E-state index contributed by atoms with van der Waals surface area (Å²) in [6.07, 6.45) is 0.922. The molecule has 0 radical (unpaired) electrons. The van der Waals surface area contributed by atoms with Gasteiger partial charge in [0.1, 0.15) is 0 Å². The lowest BCUT2D eigenvalue weighted by Crippen LogP contribution is -1.99. The zero-order chi connectivity index (χ0) is 13.5. The Kier molecular flexibility index (Phi) is 5.55. The fraction of sp³-hybridized carbons (Fsp3) is 0.357. The Morgan fingerprint density at radius 1 is 1.37 bits per heavy atom. The lowest BCUT2D eigenvalue weighted by atomic mass is 10.2. The molecule has 0 spiro atoms. The molecule has 19 heavy (non-hydrogen) atoms. The van der Waals surface area contributed by atoms with Crippen molar-refractivity contribution in [3.05, 3.63) is 38.0 Å². The molecule has 0 atom stereocenters. The number of aryl methyl sites for hydroxylation is 1. The monoisotopic (exact) mass is 292 g/mol. The average molecular weight is 292 g/mol. The molecule has 0 aliphatic heterocycles. The maximum atomic E-state index is 5.72. The third kappa shape index (κ3) is 4.15. The second kappa shape index (κ2) is 7.41. The molecule has 2 aromatic heterocycles. The fourth-order valence-corrected chi connectivity index (χ4v) is 3.13. The van der Waals surface area contributed by atoms with E-state index in [-0.39, 0.29) is 0 Å². The van der Waals surface area contributed by atoms with Crippen molar-refractivity contribution in [2.75, 3.05) is 13.2 Å². The largest absolute Gasteiger partial charge is 0.376 e. The molecule has 0 aromatic carbocycles. The van der Waals surface area contributed by atoms with Gasteiger partial charge in [-0.25, -0.2) is 4.98 Å². The molecule has 0 unspecified atom stereocenters. The minimum Gasteiger partial charge on any atom is -0.376 e. The number of nitrogens with two attached hydrogens (primary N) is 1. The van der Waals surface area contributed by atoms with Gasteiger partial charge in [0.15, 0.2) is 0 Å². The van der Waals surface area contributed by atoms with Gasteiger partial charge in [0, 0.05) is 21.7 Å². The summed E-state index contributed by atoms with van der Waals surface area (Å²) in [5.74, 6) is 5.94. The Balaban J connectivity index is 1.80. The number of hydrogen-bond donors (Lipinski definition) is 1. The van der Waals surface area contributed by atoms with Crippen LogP contribution in [0.3, 0.4) is 0 Å². The Labute approximate surface area is 121 Å². The molecule has 100 valence electrons. The Bertz CT molecular complexity index is 578. The van der Waals surface area contributed by atoms with Crippen molar-refractivity contribution >= 4 is 22.7 Å². The van der Waals surface area contributed by atoms with Crippen LogP contribution < -0.4 is 5.73 Å². The van der Waals surface area contributed by atoms with Crippen LogP contribution in [-0.4, -0.2) is 18.1 Å². The van der Waals surface area contributed by atoms with Gasteiger partial charge in [-0.15, -0.1) is 22.7 Å². The summed E-state index contributed by atoms with van der Waals surface area (Å²) in [6, 6.07) is 2.01. The highest BCUT2D eigenvalue weighted by atomic mass is 32.1. The number of thiazole rings is 1. The summed E-state index contributed by atoms with van der Waals surface area (Å²) >= 11 is 3.36. The first-order chi connectivity index (χ1) is 9.31. The second-order valence-electron chi connectivity index (χ2n) is 3.93. The van der Waals surface area contributed by atoms with Gasteiger partial charge >= 0.3 is 0 Å². The molecule has 0 aliphatic carbocycles. The van der Waals surface area contributed by atoms with Gasteiger partial charge in [0.05, 0.1) is 31.0 Å². The van der Waals surface area contributed by atoms with Crippen LogP contribution in [0.4, 0.5) is 0 Å². The van der Waals surface area contributed by atoms with E-state index in [0.717, 1.165) is 17.7 Å². The number of aromatic nitrogens is 1. The molecular weight excluding hydrogens is 276 g/mol. The number of ether oxygens (including phenoxy) is 1. The van der Waals surface area contributed by atoms with Crippen LogP contribution in [0.1, 0.15) is 21.0 Å². The van der Waals surface area contributed by atoms with Gasteiger partial charge in [0.25, 0.3) is 0 Å². The highest BCUT2D eigenvalue weighted by molar-refractivity contribution is 7.10. The van der Waals surface area contributed by atoms with E-state index in [4.69, 9.17) is 10.5 Å². The van der Waals surface area contributed by atoms with E-state index < -0.39 is 0 Å². The molecule has 0 amide bonds. The maximum absolute atomic E-state index is 5.72. The van der Waals surface area contributed by atoms with Crippen LogP contribution in [-0.2, 0) is 17.8 Å². The number of thiophene rings is 1. The van der Waals surface area contributed by atoms with Gasteiger partial charge in [-0.3, -0.25) is 0 Å². The van der Waals surface area contributed by atoms with Crippen molar-refractivity contribution in [3.63, 3.8) is 0 Å². The molecule has 0 saturated heterocycles. The number of rotatable bonds is 5. The first kappa shape index (κ1) is 14.2. The topological polar surface area (TPSA) is 48.1 Å². The van der Waals surface area contributed by atoms with Crippen molar-refractivity contribution in [1.29, 1.82) is 0 Å². The maximum Gasteiger partial charge on any atom is 0.0822 e. The fourth-order valence-electron chi connectivity index (χ4n) is 1.61. The van der Waals surface area contributed by atoms with Gasteiger partial charge < -0.3 is 10.5 Å². The molecule has 3 nitrogen and oxygen atoms in total. The summed E-state index contributed by atoms with van der Waals surface area (Å²) in [5, 5.41) is 2.03. The lowest BCUT2D eigenvalue weighted by molar-refractivity contribution is 0.126. The van der Waals surface area contributed by atoms with Crippen molar-refractivity contribution < 1.29 is 4.74 Å². The minimum atomic E-state index is 0.390. The predicted octanol–water partition coefficient (Wildman–Crippen LogP) is 2.58. The van der Waals surface area contributed by atoms with Crippen LogP contribution in [0.15, 0.2) is 17.0 Å². The zero-order valence-corrected chi connectivity index (χ0v) is 12.4. The normalized spacial score (nSPS) is 10.2. The van der Waals surface area contributed by atoms with Gasteiger partial charge in [-0.05, 0) is 18.4 Å². The molecule has 0 saturated carbocycles. The highest BCUT2D eigenvalue weighted by Crippen LogP contribution is 2.17. The summed E-state index contributed by atoms with van der Waals surface area (Å²) < 4.78 is 5.72. The molecule has 5 heteroatoms. The van der Waals surface area contributed by atoms with Crippen LogP contribution in [0, 0.1) is 18.8 Å². The third-order valence-electron chi connectivity index (χ3n) is 2.62. The zero-order valence-electron chi connectivity index (χ0n) is 10.8. The van der Waals surface area contributed by atoms with E-state index in [9.17, 15) is 0 Å². The lowest BCUT2D eigenvalue weighted by Gasteiger charge is -2.02. The third-order valence-corrected chi connectivity index (χ3v) is 4.51. The van der Waals surface area contributed by atoms with E-state index >= 15 is 0 Å². The molecule has 2 rings (SSSR count). The van der Waals surface area contributed by atoms with Crippen molar-refractivity contribution in [2.45, 2.75) is 20.0 Å². The summed E-state index contributed by atoms with van der Waals surface area (Å²) in [4.78, 5) is 6.70. The molecule has 2 heterocycles. The SMILES string of the molecule is Cc1ncsc1CCOCc1sccc1C#CCN. The van der Waals surface area contributed by atoms with Crippen LogP contribution in [0.5, 0.6) is 0 Å². The van der Waals surface area contributed by atoms with Crippen molar-refractivity contribution in [3.8, 4) is 11.8 Å². The van der Waals surface area contributed by atoms with E-state index in [0.29, 0.717) is 19.8 Å². The molecule has 2 aromatic rings. The Morgan fingerprint density at radius 2 is 2.26 bits per heavy atom. The smallest absolute Gasteiger partial charge is 0.0822 e. The van der Waals surface area contributed by atoms with Crippen LogP contribution in [0.25, 0.3) is 0 Å². The minimum absolute atomic E-state index is 0.390. The molecule has 0 fully saturated rings. The van der Waals surface area contributed by atoms with Crippen molar-refractivity contribution in [2.24, 2.45) is 5.73 Å². The summed E-state index contributed by atoms with van der Waals surface area (Å²) in [5.41, 5.74) is 9.40. The van der Waals surface area contributed by atoms with E-state index in [1.807, 2.05) is 23.9 Å². The standard InChI is InChI=1S/C14H16N2OS2/c1-11-13(19-10-16-11)4-7-17-9-14-12(3-2-6-15)5-8-18-14/h5,8,10H,4,6-7,9,15H2,1H3. The van der Waals surface area contributed by atoms with E-state index in [2.05, 4.69) is 16.8 Å². The van der Waals surface area contributed by atoms with Gasteiger partial charge in [-0.1, -0.05) is 11.8 Å². The number of hydrogen-bond acceptors (Lipinski definition) is 5. The molecule has 0 bridgehead atoms. The van der Waals surface area contributed by atoms with Gasteiger partial charge in [0.2, 0.25) is 0 Å².